The Kier molecular flexibility index (Phi) is 6.87. The van der Waals surface area contributed by atoms with Gasteiger partial charge in [0.1, 0.15) is 0 Å². The monoisotopic (exact) mass is 345 g/mol. The molecule has 106 valence electrons. The summed E-state index contributed by atoms with van der Waals surface area (Å²) < 4.78 is 0.928. The van der Waals surface area contributed by atoms with Crippen molar-refractivity contribution in [1.82, 2.24) is 4.90 Å². The van der Waals surface area contributed by atoms with Crippen LogP contribution in [-0.2, 0) is 0 Å². The molecule has 0 atom stereocenters. The first-order valence-electron chi connectivity index (χ1n) is 6.68. The molecular weight excluding hydrogens is 326 g/mol. The Hall–Kier alpha value is -0.540. The molecule has 0 N–H and O–H groups in total. The Bertz CT molecular complexity index is 432. The van der Waals surface area contributed by atoms with Crippen LogP contribution in [0.4, 0.5) is 0 Å². The number of carbonyl (C=O) groups excluding carboxylic acids is 1. The van der Waals surface area contributed by atoms with Gasteiger partial charge < -0.3 is 4.90 Å². The fraction of sp³-hybridized carbons (Fsp3) is 0.533. The first-order chi connectivity index (χ1) is 9.04. The Labute approximate surface area is 129 Å². The van der Waals surface area contributed by atoms with Crippen LogP contribution >= 0.6 is 27.5 Å². The minimum atomic E-state index is 0.0770. The summed E-state index contributed by atoms with van der Waals surface area (Å²) in [4.78, 5) is 14.6. The summed E-state index contributed by atoms with van der Waals surface area (Å²) in [6, 6.07) is 6.06. The van der Waals surface area contributed by atoms with Crippen LogP contribution in [0.5, 0.6) is 0 Å². The zero-order valence-electron chi connectivity index (χ0n) is 11.7. The van der Waals surface area contributed by atoms with Gasteiger partial charge in [-0.15, -0.1) is 11.6 Å². The molecule has 0 fully saturated rings. The van der Waals surface area contributed by atoms with E-state index in [1.807, 2.05) is 30.0 Å². The first-order valence-corrected chi connectivity index (χ1v) is 8.00. The van der Waals surface area contributed by atoms with E-state index in [0.29, 0.717) is 12.4 Å². The van der Waals surface area contributed by atoms with Gasteiger partial charge >= 0.3 is 0 Å². The molecule has 0 aromatic heterocycles. The second kappa shape index (κ2) is 7.91. The maximum Gasteiger partial charge on any atom is 0.254 e. The maximum absolute atomic E-state index is 12.7. The number of aryl methyl sites for hydroxylation is 1. The van der Waals surface area contributed by atoms with E-state index in [0.717, 1.165) is 28.4 Å². The molecule has 0 aliphatic carbocycles. The minimum absolute atomic E-state index is 0.0770. The molecule has 1 aromatic carbocycles. The summed E-state index contributed by atoms with van der Waals surface area (Å²) in [5.74, 6) is 0.545. The van der Waals surface area contributed by atoms with Gasteiger partial charge in [-0.1, -0.05) is 35.8 Å². The largest absolute Gasteiger partial charge is 0.334 e. The van der Waals surface area contributed by atoms with Crippen molar-refractivity contribution in [2.75, 3.05) is 12.4 Å². The van der Waals surface area contributed by atoms with Gasteiger partial charge in [-0.25, -0.2) is 0 Å². The van der Waals surface area contributed by atoms with Gasteiger partial charge in [0.2, 0.25) is 0 Å². The molecule has 0 spiro atoms. The van der Waals surface area contributed by atoms with Gasteiger partial charge in [-0.3, -0.25) is 4.79 Å². The van der Waals surface area contributed by atoms with E-state index in [-0.39, 0.29) is 11.9 Å². The Morgan fingerprint density at radius 3 is 2.53 bits per heavy atom. The molecular formula is C15H21BrClNO. The van der Waals surface area contributed by atoms with Crippen LogP contribution in [0.1, 0.15) is 42.6 Å². The molecule has 0 bridgehead atoms. The highest BCUT2D eigenvalue weighted by molar-refractivity contribution is 9.10. The lowest BCUT2D eigenvalue weighted by molar-refractivity contribution is 0.0681. The zero-order chi connectivity index (χ0) is 14.4. The number of hydrogen-bond donors (Lipinski definition) is 0. The Morgan fingerprint density at radius 1 is 1.37 bits per heavy atom. The lowest BCUT2D eigenvalue weighted by Gasteiger charge is -2.30. The number of carbonyl (C=O) groups is 1. The predicted octanol–water partition coefficient (Wildman–Crippen LogP) is 4.63. The van der Waals surface area contributed by atoms with Crippen LogP contribution in [-0.4, -0.2) is 29.3 Å². The zero-order valence-corrected chi connectivity index (χ0v) is 14.1. The van der Waals surface area contributed by atoms with Gasteiger partial charge in [0.25, 0.3) is 5.91 Å². The molecule has 0 aliphatic heterocycles. The number of nitrogens with zero attached hydrogens (tertiary/aromatic N) is 1. The summed E-state index contributed by atoms with van der Waals surface area (Å²) in [6.45, 7) is 6.77. The van der Waals surface area contributed by atoms with E-state index < -0.39 is 0 Å². The first kappa shape index (κ1) is 16.5. The summed E-state index contributed by atoms with van der Waals surface area (Å²) in [6.07, 6.45) is 1.90. The highest BCUT2D eigenvalue weighted by atomic mass is 79.9. The average molecular weight is 347 g/mol. The molecule has 19 heavy (non-hydrogen) atoms. The normalized spacial score (nSPS) is 10.8. The lowest BCUT2D eigenvalue weighted by Crippen LogP contribution is -2.41. The number of halogens is 2. The Morgan fingerprint density at radius 2 is 2.00 bits per heavy atom. The molecule has 2 nitrogen and oxygen atoms in total. The second-order valence-electron chi connectivity index (χ2n) is 4.62. The summed E-state index contributed by atoms with van der Waals surface area (Å²) >= 11 is 9.28. The minimum Gasteiger partial charge on any atom is -0.334 e. The quantitative estimate of drug-likeness (QED) is 0.688. The van der Waals surface area contributed by atoms with Crippen LogP contribution < -0.4 is 0 Å². The summed E-state index contributed by atoms with van der Waals surface area (Å²) in [5.41, 5.74) is 1.75. The lowest BCUT2D eigenvalue weighted by atomic mass is 10.0. The van der Waals surface area contributed by atoms with Gasteiger partial charge in [-0.05, 0) is 37.5 Å². The van der Waals surface area contributed by atoms with E-state index in [1.54, 1.807) is 0 Å². The van der Waals surface area contributed by atoms with Crippen molar-refractivity contribution in [2.24, 2.45) is 0 Å². The molecule has 4 heteroatoms. The van der Waals surface area contributed by atoms with Crippen LogP contribution in [0.3, 0.4) is 0 Å². The van der Waals surface area contributed by atoms with Crippen molar-refractivity contribution in [3.05, 3.63) is 33.8 Å². The van der Waals surface area contributed by atoms with Crippen LogP contribution in [0.25, 0.3) is 0 Å². The Balaban J connectivity index is 3.08. The van der Waals surface area contributed by atoms with Crippen LogP contribution in [0, 0.1) is 6.92 Å². The van der Waals surface area contributed by atoms with Crippen molar-refractivity contribution < 1.29 is 4.79 Å². The highest BCUT2D eigenvalue weighted by Crippen LogP contribution is 2.20. The fourth-order valence-electron chi connectivity index (χ4n) is 2.25. The van der Waals surface area contributed by atoms with Crippen molar-refractivity contribution in [3.8, 4) is 0 Å². The van der Waals surface area contributed by atoms with Crippen LogP contribution in [0.15, 0.2) is 22.7 Å². The summed E-state index contributed by atoms with van der Waals surface area (Å²) in [7, 11) is 0. The smallest absolute Gasteiger partial charge is 0.254 e. The topological polar surface area (TPSA) is 20.3 Å². The van der Waals surface area contributed by atoms with Crippen molar-refractivity contribution >= 4 is 33.4 Å². The molecule has 0 saturated heterocycles. The van der Waals surface area contributed by atoms with E-state index in [4.69, 9.17) is 11.6 Å². The van der Waals surface area contributed by atoms with Gasteiger partial charge in [0, 0.05) is 28.5 Å². The van der Waals surface area contributed by atoms with Crippen molar-refractivity contribution in [2.45, 2.75) is 39.7 Å². The SMILES string of the molecule is CCC(CC)N(CCCl)C(=O)c1cc(Br)ccc1C. The molecule has 0 saturated carbocycles. The van der Waals surface area contributed by atoms with E-state index in [9.17, 15) is 4.79 Å². The van der Waals surface area contributed by atoms with E-state index in [1.165, 1.54) is 0 Å². The summed E-state index contributed by atoms with van der Waals surface area (Å²) in [5, 5.41) is 0. The molecule has 0 radical (unpaired) electrons. The number of hydrogen-bond acceptors (Lipinski definition) is 1. The molecule has 0 aliphatic rings. The standard InChI is InChI=1S/C15H21BrClNO/c1-4-13(5-2)18(9-8-17)15(19)14-10-12(16)7-6-11(14)3/h6-7,10,13H,4-5,8-9H2,1-3H3. The number of amides is 1. The third-order valence-corrected chi connectivity index (χ3v) is 4.06. The number of rotatable bonds is 6. The number of alkyl halides is 1. The molecule has 0 heterocycles. The second-order valence-corrected chi connectivity index (χ2v) is 5.91. The molecule has 1 rings (SSSR count). The highest BCUT2D eigenvalue weighted by Gasteiger charge is 2.23. The molecule has 1 amide bonds. The van der Waals surface area contributed by atoms with Gasteiger partial charge in [-0.2, -0.15) is 0 Å². The van der Waals surface area contributed by atoms with Crippen LogP contribution in [0.2, 0.25) is 0 Å². The third-order valence-electron chi connectivity index (χ3n) is 3.40. The average Bonchev–Trinajstić information content (AvgIpc) is 2.41. The van der Waals surface area contributed by atoms with E-state index >= 15 is 0 Å². The fourth-order valence-corrected chi connectivity index (χ4v) is 2.79. The molecule has 0 unspecified atom stereocenters. The number of benzene rings is 1. The third kappa shape index (κ3) is 4.22. The molecule has 1 aromatic rings. The predicted molar refractivity (Wildman–Crippen MR) is 85.0 cm³/mol. The van der Waals surface area contributed by atoms with E-state index in [2.05, 4.69) is 29.8 Å². The van der Waals surface area contributed by atoms with Crippen molar-refractivity contribution in [1.29, 1.82) is 0 Å². The van der Waals surface area contributed by atoms with Crippen molar-refractivity contribution in [3.63, 3.8) is 0 Å². The van der Waals surface area contributed by atoms with Gasteiger partial charge in [0.05, 0.1) is 0 Å². The van der Waals surface area contributed by atoms with Gasteiger partial charge in [0.15, 0.2) is 0 Å². The maximum atomic E-state index is 12.7.